The van der Waals surface area contributed by atoms with Crippen molar-refractivity contribution in [3.63, 3.8) is 0 Å². The van der Waals surface area contributed by atoms with E-state index in [2.05, 4.69) is 53.1 Å². The van der Waals surface area contributed by atoms with Gasteiger partial charge in [-0.15, -0.1) is 0 Å². The van der Waals surface area contributed by atoms with Crippen molar-refractivity contribution < 1.29 is 0 Å². The quantitative estimate of drug-likeness (QED) is 0.594. The highest BCUT2D eigenvalue weighted by molar-refractivity contribution is 9.14. The Morgan fingerprint density at radius 1 is 1.00 bits per heavy atom. The van der Waals surface area contributed by atoms with E-state index in [1.54, 1.807) is 0 Å². The molecule has 1 aliphatic heterocycles. The number of halogens is 3. The molecule has 14 heavy (non-hydrogen) atoms. The molecular formula is C8H4Br3N3. The number of rotatable bonds is 0. The van der Waals surface area contributed by atoms with Crippen LogP contribution in [0, 0.1) is 10.8 Å². The average molecular weight is 382 g/mol. The zero-order valence-electron chi connectivity index (χ0n) is 6.71. The Bertz CT molecular complexity index is 467. The van der Waals surface area contributed by atoms with Gasteiger partial charge in [0.15, 0.2) is 0 Å². The van der Waals surface area contributed by atoms with Crippen LogP contribution in [0.5, 0.6) is 0 Å². The first-order valence-electron chi connectivity index (χ1n) is 3.64. The monoisotopic (exact) mass is 379 g/mol. The summed E-state index contributed by atoms with van der Waals surface area (Å²) in [6.45, 7) is 0. The van der Waals surface area contributed by atoms with Crippen LogP contribution in [-0.2, 0) is 0 Å². The lowest BCUT2D eigenvalue weighted by atomic mass is 10.1. The Hall–Kier alpha value is -0.200. The van der Waals surface area contributed by atoms with Gasteiger partial charge in [-0.05, 0) is 53.9 Å². The summed E-state index contributed by atoms with van der Waals surface area (Å²) in [6.07, 6.45) is 0. The van der Waals surface area contributed by atoms with Crippen LogP contribution in [0.3, 0.4) is 0 Å². The van der Waals surface area contributed by atoms with Crippen molar-refractivity contribution in [2.45, 2.75) is 0 Å². The summed E-state index contributed by atoms with van der Waals surface area (Å²) < 4.78 is 2.52. The molecule has 6 heteroatoms. The predicted octanol–water partition coefficient (Wildman–Crippen LogP) is 3.23. The van der Waals surface area contributed by atoms with Gasteiger partial charge in [-0.1, -0.05) is 0 Å². The Morgan fingerprint density at radius 3 is 2.29 bits per heavy atom. The third-order valence-electron chi connectivity index (χ3n) is 1.93. The second-order valence-corrected chi connectivity index (χ2v) is 5.22. The third-order valence-corrected chi connectivity index (χ3v) is 5.24. The van der Waals surface area contributed by atoms with E-state index in [1.165, 1.54) is 0 Å². The number of fused-ring (bicyclic) bond motifs is 1. The molecule has 0 atom stereocenters. The van der Waals surface area contributed by atoms with Crippen LogP contribution in [0.4, 0.5) is 0 Å². The SMILES string of the molecule is N=C1NC(=N)c2c1cc(Br)c(Br)c2Br. The molecule has 0 bridgehead atoms. The molecule has 0 saturated heterocycles. The number of amidine groups is 2. The van der Waals surface area contributed by atoms with Gasteiger partial charge < -0.3 is 5.32 Å². The highest BCUT2D eigenvalue weighted by Gasteiger charge is 2.26. The first-order valence-corrected chi connectivity index (χ1v) is 6.02. The first kappa shape index (κ1) is 10.3. The molecule has 0 aliphatic carbocycles. The Kier molecular flexibility index (Phi) is 2.53. The normalized spacial score (nSPS) is 14.2. The Labute approximate surface area is 106 Å². The van der Waals surface area contributed by atoms with Crippen molar-refractivity contribution in [2.24, 2.45) is 0 Å². The molecule has 1 aromatic carbocycles. The van der Waals surface area contributed by atoms with Crippen LogP contribution in [0.25, 0.3) is 0 Å². The topological polar surface area (TPSA) is 59.7 Å². The molecule has 3 nitrogen and oxygen atoms in total. The summed E-state index contributed by atoms with van der Waals surface area (Å²) >= 11 is 10.2. The minimum absolute atomic E-state index is 0.255. The van der Waals surface area contributed by atoms with Crippen LogP contribution in [0.1, 0.15) is 11.1 Å². The second kappa shape index (κ2) is 3.43. The van der Waals surface area contributed by atoms with Crippen LogP contribution >= 0.6 is 47.8 Å². The van der Waals surface area contributed by atoms with E-state index in [1.807, 2.05) is 6.07 Å². The average Bonchev–Trinajstić information content (AvgIpc) is 2.38. The fourth-order valence-corrected chi connectivity index (χ4v) is 2.92. The molecule has 3 N–H and O–H groups in total. The number of hydrogen-bond donors (Lipinski definition) is 3. The van der Waals surface area contributed by atoms with Crippen molar-refractivity contribution in [2.75, 3.05) is 0 Å². The Morgan fingerprint density at radius 2 is 1.64 bits per heavy atom. The zero-order chi connectivity index (χ0) is 10.5. The zero-order valence-corrected chi connectivity index (χ0v) is 11.5. The van der Waals surface area contributed by atoms with Crippen LogP contribution in [0.2, 0.25) is 0 Å². The molecule has 0 radical (unpaired) electrons. The molecule has 0 saturated carbocycles. The number of benzene rings is 1. The molecule has 0 amide bonds. The highest BCUT2D eigenvalue weighted by atomic mass is 79.9. The highest BCUT2D eigenvalue weighted by Crippen LogP contribution is 2.37. The summed E-state index contributed by atoms with van der Waals surface area (Å²) in [7, 11) is 0. The van der Waals surface area contributed by atoms with E-state index >= 15 is 0 Å². The standard InChI is InChI=1S/C8H4Br3N3/c9-3-1-2-4(6(11)5(3)10)8(13)14-7(2)12/h1H,(H3,12,13,14). The summed E-state index contributed by atoms with van der Waals surface area (Å²) in [4.78, 5) is 0. The fourth-order valence-electron chi connectivity index (χ4n) is 1.29. The van der Waals surface area contributed by atoms with Crippen LogP contribution in [0.15, 0.2) is 19.5 Å². The van der Waals surface area contributed by atoms with E-state index in [0.717, 1.165) is 24.5 Å². The third kappa shape index (κ3) is 1.36. The molecule has 0 aromatic heterocycles. The van der Waals surface area contributed by atoms with E-state index in [9.17, 15) is 0 Å². The fraction of sp³-hybridized carbons (Fsp3) is 0. The van der Waals surface area contributed by atoms with Gasteiger partial charge in [-0.2, -0.15) is 0 Å². The molecule has 1 heterocycles. The van der Waals surface area contributed by atoms with Gasteiger partial charge >= 0.3 is 0 Å². The number of hydrogen-bond acceptors (Lipinski definition) is 2. The van der Waals surface area contributed by atoms with Gasteiger partial charge in [0, 0.05) is 24.5 Å². The lowest BCUT2D eigenvalue weighted by Crippen LogP contribution is -2.20. The van der Waals surface area contributed by atoms with Crippen molar-refractivity contribution in [1.29, 1.82) is 10.8 Å². The lowest BCUT2D eigenvalue weighted by Gasteiger charge is -2.05. The Balaban J connectivity index is 2.82. The molecule has 2 rings (SSSR count). The maximum absolute atomic E-state index is 7.65. The molecular weight excluding hydrogens is 378 g/mol. The largest absolute Gasteiger partial charge is 0.325 e. The summed E-state index contributed by atoms with van der Waals surface area (Å²) in [5.74, 6) is 0.518. The van der Waals surface area contributed by atoms with E-state index < -0.39 is 0 Å². The molecule has 0 spiro atoms. The summed E-state index contributed by atoms with van der Waals surface area (Å²) in [5.41, 5.74) is 1.46. The van der Waals surface area contributed by atoms with Gasteiger partial charge in [0.1, 0.15) is 11.7 Å². The summed E-state index contributed by atoms with van der Waals surface area (Å²) in [6, 6.07) is 1.82. The van der Waals surface area contributed by atoms with Gasteiger partial charge in [0.2, 0.25) is 0 Å². The second-order valence-electron chi connectivity index (χ2n) is 2.78. The van der Waals surface area contributed by atoms with Crippen LogP contribution in [-0.4, -0.2) is 11.7 Å². The van der Waals surface area contributed by atoms with Gasteiger partial charge in [0.25, 0.3) is 0 Å². The van der Waals surface area contributed by atoms with Crippen molar-refractivity contribution in [1.82, 2.24) is 5.32 Å². The van der Waals surface area contributed by atoms with E-state index in [4.69, 9.17) is 10.8 Å². The van der Waals surface area contributed by atoms with E-state index in [0.29, 0.717) is 0 Å². The summed E-state index contributed by atoms with van der Waals surface area (Å²) in [5, 5.41) is 17.9. The lowest BCUT2D eigenvalue weighted by molar-refractivity contribution is 1.29. The minimum atomic E-state index is 0.255. The maximum atomic E-state index is 7.65. The first-order chi connectivity index (χ1) is 6.52. The smallest absolute Gasteiger partial charge is 0.133 e. The van der Waals surface area contributed by atoms with Gasteiger partial charge in [-0.3, -0.25) is 10.8 Å². The van der Waals surface area contributed by atoms with Gasteiger partial charge in [-0.25, -0.2) is 0 Å². The van der Waals surface area contributed by atoms with Gasteiger partial charge in [0.05, 0.1) is 0 Å². The number of nitrogens with one attached hydrogen (secondary N) is 3. The molecule has 1 aromatic rings. The predicted molar refractivity (Wildman–Crippen MR) is 66.3 cm³/mol. The van der Waals surface area contributed by atoms with Crippen molar-refractivity contribution in [3.8, 4) is 0 Å². The molecule has 1 aliphatic rings. The van der Waals surface area contributed by atoms with Crippen molar-refractivity contribution in [3.05, 3.63) is 30.6 Å². The van der Waals surface area contributed by atoms with Crippen molar-refractivity contribution >= 4 is 59.5 Å². The van der Waals surface area contributed by atoms with E-state index in [-0.39, 0.29) is 11.7 Å². The molecule has 0 unspecified atom stereocenters. The van der Waals surface area contributed by atoms with Crippen LogP contribution < -0.4 is 5.32 Å². The molecule has 0 fully saturated rings. The molecule has 72 valence electrons. The maximum Gasteiger partial charge on any atom is 0.133 e. The minimum Gasteiger partial charge on any atom is -0.325 e.